The van der Waals surface area contributed by atoms with Gasteiger partial charge in [-0.2, -0.15) is 0 Å². The molecule has 64 valence electrons. The molecule has 0 aliphatic rings. The zero-order valence-corrected chi connectivity index (χ0v) is 7.48. The quantitative estimate of drug-likeness (QED) is 0.642. The molecule has 0 aromatic rings. The molecule has 0 radical (unpaired) electrons. The van der Waals surface area contributed by atoms with E-state index in [1.165, 1.54) is 0 Å². The number of rotatable bonds is 4. The monoisotopic (exact) mass is 147 g/mol. The Morgan fingerprint density at radius 2 is 1.40 bits per heavy atom. The molecule has 0 spiro atoms. The number of aliphatic hydroxyl groups is 1. The molecule has 0 heterocycles. The molecular formula is C8H21NO. The topological polar surface area (TPSA) is 55.2 Å². The van der Waals surface area contributed by atoms with E-state index in [-0.39, 0.29) is 6.15 Å². The Morgan fingerprint density at radius 3 is 1.60 bits per heavy atom. The van der Waals surface area contributed by atoms with E-state index in [0.717, 1.165) is 25.7 Å². The van der Waals surface area contributed by atoms with Gasteiger partial charge in [0.15, 0.2) is 0 Å². The van der Waals surface area contributed by atoms with Gasteiger partial charge in [-0.05, 0) is 19.8 Å². The summed E-state index contributed by atoms with van der Waals surface area (Å²) in [6.45, 7) is 6.12. The molecule has 10 heavy (non-hydrogen) atoms. The summed E-state index contributed by atoms with van der Waals surface area (Å²) < 4.78 is 0. The minimum absolute atomic E-state index is 0. The maximum atomic E-state index is 9.51. The Kier molecular flexibility index (Phi) is 7.15. The first kappa shape index (κ1) is 12.6. The van der Waals surface area contributed by atoms with Gasteiger partial charge in [-0.25, -0.2) is 0 Å². The van der Waals surface area contributed by atoms with Crippen molar-refractivity contribution in [2.75, 3.05) is 0 Å². The smallest absolute Gasteiger partial charge is 0.0619 e. The van der Waals surface area contributed by atoms with Crippen LogP contribution in [0.1, 0.15) is 46.5 Å². The second kappa shape index (κ2) is 5.69. The first-order chi connectivity index (χ1) is 4.12. The lowest BCUT2D eigenvalue weighted by Gasteiger charge is -2.21. The standard InChI is InChI=1S/C8H18O.H3N/c1-4-6-8(3,9)7-5-2;/h9H,4-7H2,1-3H3;1H3. The van der Waals surface area contributed by atoms with Gasteiger partial charge in [0.25, 0.3) is 0 Å². The summed E-state index contributed by atoms with van der Waals surface area (Å²) in [6, 6.07) is 0. The molecule has 0 aliphatic heterocycles. The van der Waals surface area contributed by atoms with Crippen LogP contribution in [-0.4, -0.2) is 10.7 Å². The van der Waals surface area contributed by atoms with Crippen molar-refractivity contribution in [3.05, 3.63) is 0 Å². The molecule has 0 amide bonds. The molecule has 4 N–H and O–H groups in total. The van der Waals surface area contributed by atoms with E-state index in [0.29, 0.717) is 0 Å². The van der Waals surface area contributed by atoms with Crippen molar-refractivity contribution in [2.24, 2.45) is 0 Å². The normalized spacial score (nSPS) is 10.8. The van der Waals surface area contributed by atoms with Crippen molar-refractivity contribution in [1.82, 2.24) is 6.15 Å². The van der Waals surface area contributed by atoms with Gasteiger partial charge in [0, 0.05) is 0 Å². The molecule has 0 aliphatic carbocycles. The van der Waals surface area contributed by atoms with Crippen LogP contribution in [0.3, 0.4) is 0 Å². The molecule has 0 saturated heterocycles. The predicted octanol–water partition coefficient (Wildman–Crippen LogP) is 2.50. The van der Waals surface area contributed by atoms with E-state index in [1.54, 1.807) is 0 Å². The molecule has 0 unspecified atom stereocenters. The predicted molar refractivity (Wildman–Crippen MR) is 45.5 cm³/mol. The van der Waals surface area contributed by atoms with Gasteiger partial charge < -0.3 is 11.3 Å². The zero-order valence-electron chi connectivity index (χ0n) is 7.48. The fraction of sp³-hybridized carbons (Fsp3) is 1.00. The highest BCUT2D eigenvalue weighted by atomic mass is 16.3. The van der Waals surface area contributed by atoms with Gasteiger partial charge in [0.2, 0.25) is 0 Å². The SMILES string of the molecule is CCCC(C)(O)CCC.N. The molecule has 0 aromatic heterocycles. The molecule has 0 saturated carbocycles. The summed E-state index contributed by atoms with van der Waals surface area (Å²) in [4.78, 5) is 0. The third-order valence-corrected chi connectivity index (χ3v) is 1.58. The maximum absolute atomic E-state index is 9.51. The minimum atomic E-state index is -0.399. The lowest BCUT2D eigenvalue weighted by molar-refractivity contribution is 0.0406. The maximum Gasteiger partial charge on any atom is 0.0619 e. The van der Waals surface area contributed by atoms with E-state index in [4.69, 9.17) is 0 Å². The Balaban J connectivity index is 0. The molecule has 0 aromatic carbocycles. The van der Waals surface area contributed by atoms with E-state index >= 15 is 0 Å². The highest BCUT2D eigenvalue weighted by Gasteiger charge is 2.16. The van der Waals surface area contributed by atoms with Gasteiger partial charge in [-0.1, -0.05) is 26.7 Å². The molecule has 0 fully saturated rings. The van der Waals surface area contributed by atoms with Gasteiger partial charge in [0.1, 0.15) is 0 Å². The van der Waals surface area contributed by atoms with Crippen molar-refractivity contribution in [3.63, 3.8) is 0 Å². The Morgan fingerprint density at radius 1 is 1.10 bits per heavy atom. The van der Waals surface area contributed by atoms with Crippen LogP contribution in [-0.2, 0) is 0 Å². The van der Waals surface area contributed by atoms with Crippen molar-refractivity contribution in [2.45, 2.75) is 52.1 Å². The van der Waals surface area contributed by atoms with Crippen molar-refractivity contribution >= 4 is 0 Å². The largest absolute Gasteiger partial charge is 0.390 e. The fourth-order valence-corrected chi connectivity index (χ4v) is 1.20. The third-order valence-electron chi connectivity index (χ3n) is 1.58. The van der Waals surface area contributed by atoms with Crippen molar-refractivity contribution in [1.29, 1.82) is 0 Å². The highest BCUT2D eigenvalue weighted by Crippen LogP contribution is 2.17. The van der Waals surface area contributed by atoms with Crippen LogP contribution in [0.15, 0.2) is 0 Å². The average Bonchev–Trinajstić information content (AvgIpc) is 1.64. The van der Waals surface area contributed by atoms with Crippen LogP contribution in [0.5, 0.6) is 0 Å². The van der Waals surface area contributed by atoms with Crippen molar-refractivity contribution in [3.8, 4) is 0 Å². The van der Waals surface area contributed by atoms with Crippen LogP contribution in [0.2, 0.25) is 0 Å². The Bertz CT molecular complexity index is 63.7. The van der Waals surface area contributed by atoms with Crippen LogP contribution in [0.4, 0.5) is 0 Å². The van der Waals surface area contributed by atoms with Crippen LogP contribution in [0, 0.1) is 0 Å². The van der Waals surface area contributed by atoms with Crippen molar-refractivity contribution < 1.29 is 5.11 Å². The van der Waals surface area contributed by atoms with E-state index in [9.17, 15) is 5.11 Å². The fourth-order valence-electron chi connectivity index (χ4n) is 1.20. The van der Waals surface area contributed by atoms with Crippen LogP contribution >= 0.6 is 0 Å². The van der Waals surface area contributed by atoms with Gasteiger partial charge in [-0.3, -0.25) is 0 Å². The molecule has 2 heteroatoms. The Labute approximate surface area is 64.2 Å². The number of hydrogen-bond donors (Lipinski definition) is 2. The second-order valence-corrected chi connectivity index (χ2v) is 3.00. The molecule has 0 rings (SSSR count). The van der Waals surface area contributed by atoms with Crippen LogP contribution < -0.4 is 6.15 Å². The summed E-state index contributed by atoms with van der Waals surface area (Å²) in [5.41, 5.74) is -0.399. The van der Waals surface area contributed by atoms with E-state index < -0.39 is 5.60 Å². The molecule has 2 nitrogen and oxygen atoms in total. The average molecular weight is 147 g/mol. The van der Waals surface area contributed by atoms with E-state index in [1.807, 2.05) is 6.92 Å². The first-order valence-corrected chi connectivity index (χ1v) is 3.84. The van der Waals surface area contributed by atoms with Gasteiger partial charge in [-0.15, -0.1) is 0 Å². The first-order valence-electron chi connectivity index (χ1n) is 3.84. The molecule has 0 atom stereocenters. The summed E-state index contributed by atoms with van der Waals surface area (Å²) in [5, 5.41) is 9.51. The Hall–Kier alpha value is -0.0800. The molecular weight excluding hydrogens is 126 g/mol. The van der Waals surface area contributed by atoms with Gasteiger partial charge >= 0.3 is 0 Å². The summed E-state index contributed by atoms with van der Waals surface area (Å²) in [7, 11) is 0. The second-order valence-electron chi connectivity index (χ2n) is 3.00. The summed E-state index contributed by atoms with van der Waals surface area (Å²) in [6.07, 6.45) is 4.02. The van der Waals surface area contributed by atoms with Gasteiger partial charge in [0.05, 0.1) is 5.60 Å². The van der Waals surface area contributed by atoms with E-state index in [2.05, 4.69) is 13.8 Å². The number of hydrogen-bond acceptors (Lipinski definition) is 2. The lowest BCUT2D eigenvalue weighted by Crippen LogP contribution is -2.22. The summed E-state index contributed by atoms with van der Waals surface area (Å²) >= 11 is 0. The molecule has 0 bridgehead atoms. The minimum Gasteiger partial charge on any atom is -0.390 e. The highest BCUT2D eigenvalue weighted by molar-refractivity contribution is 4.69. The third kappa shape index (κ3) is 6.05. The van der Waals surface area contributed by atoms with Crippen LogP contribution in [0.25, 0.3) is 0 Å². The summed E-state index contributed by atoms with van der Waals surface area (Å²) in [5.74, 6) is 0. The lowest BCUT2D eigenvalue weighted by atomic mass is 9.95. The zero-order chi connectivity index (χ0) is 7.33.